The molecule has 0 spiro atoms. The van der Waals surface area contributed by atoms with Crippen molar-refractivity contribution in [2.24, 2.45) is 0 Å². The Morgan fingerprint density at radius 3 is 0.833 bits per heavy atom. The second kappa shape index (κ2) is 38.2. The number of carbonyl (C=O) groups excluding carboxylic acids is 3. The van der Waals surface area contributed by atoms with E-state index in [9.17, 15) is 14.4 Å². The van der Waals surface area contributed by atoms with Crippen molar-refractivity contribution in [1.29, 1.82) is 0 Å². The van der Waals surface area contributed by atoms with Crippen LogP contribution in [-0.4, -0.2) is 37.2 Å². The van der Waals surface area contributed by atoms with Crippen LogP contribution in [0, 0.1) is 0 Å². The van der Waals surface area contributed by atoms with Crippen molar-refractivity contribution in [1.82, 2.24) is 0 Å². The van der Waals surface area contributed by atoms with Gasteiger partial charge in [-0.25, -0.2) is 0 Å². The molecule has 6 heteroatoms. The van der Waals surface area contributed by atoms with Gasteiger partial charge in [-0.1, -0.05) is 194 Å². The van der Waals surface area contributed by atoms with Gasteiger partial charge in [0, 0.05) is 19.3 Å². The summed E-state index contributed by atoms with van der Waals surface area (Å²) in [5.74, 6) is -0.864. The Bertz CT molecular complexity index is 708. The van der Waals surface area contributed by atoms with Crippen LogP contribution in [-0.2, 0) is 28.6 Å². The molecule has 0 heterocycles. The lowest BCUT2D eigenvalue weighted by atomic mass is 10.0. The predicted octanol–water partition coefficient (Wildman–Crippen LogP) is 12.9. The molecule has 0 aliphatic rings. The summed E-state index contributed by atoms with van der Waals surface area (Å²) in [6.07, 6.45) is 36.6. The largest absolute Gasteiger partial charge is 0.462 e. The van der Waals surface area contributed by atoms with Gasteiger partial charge in [0.05, 0.1) is 0 Å². The van der Waals surface area contributed by atoms with Crippen LogP contribution in [0.25, 0.3) is 0 Å². The number of ether oxygens (including phenoxy) is 3. The lowest BCUT2D eigenvalue weighted by Gasteiger charge is -2.18. The predicted molar refractivity (Wildman–Crippen MR) is 201 cm³/mol. The number of carbonyl (C=O) groups is 3. The Morgan fingerprint density at radius 1 is 0.333 bits per heavy atom. The van der Waals surface area contributed by atoms with Crippen LogP contribution in [0.1, 0.15) is 233 Å². The van der Waals surface area contributed by atoms with Gasteiger partial charge in [-0.05, 0) is 19.3 Å². The van der Waals surface area contributed by atoms with E-state index in [1.165, 1.54) is 135 Å². The summed E-state index contributed by atoms with van der Waals surface area (Å²) in [5, 5.41) is 0. The molecule has 0 saturated heterocycles. The molecule has 1 atom stereocenters. The molecular weight excluding hydrogens is 600 g/mol. The average Bonchev–Trinajstić information content (AvgIpc) is 3.08. The summed E-state index contributed by atoms with van der Waals surface area (Å²) in [5.41, 5.74) is 0. The lowest BCUT2D eigenvalue weighted by molar-refractivity contribution is -0.167. The van der Waals surface area contributed by atoms with E-state index < -0.39 is 6.10 Å². The molecule has 0 aliphatic carbocycles. The first-order valence-corrected chi connectivity index (χ1v) is 21.0. The van der Waals surface area contributed by atoms with Crippen molar-refractivity contribution in [2.75, 3.05) is 13.2 Å². The van der Waals surface area contributed by atoms with Crippen LogP contribution in [0.4, 0.5) is 0 Å². The Kier molecular flexibility index (Phi) is 36.9. The fourth-order valence-electron chi connectivity index (χ4n) is 6.15. The molecule has 0 saturated carbocycles. The van der Waals surface area contributed by atoms with E-state index in [0.29, 0.717) is 19.3 Å². The van der Waals surface area contributed by atoms with Crippen LogP contribution in [0.3, 0.4) is 0 Å². The van der Waals surface area contributed by atoms with Gasteiger partial charge < -0.3 is 14.2 Å². The second-order valence-electron chi connectivity index (χ2n) is 14.3. The Morgan fingerprint density at radius 2 is 0.562 bits per heavy atom. The first-order valence-electron chi connectivity index (χ1n) is 21.0. The average molecular weight is 681 g/mol. The zero-order valence-electron chi connectivity index (χ0n) is 32.3. The van der Waals surface area contributed by atoms with Gasteiger partial charge in [-0.15, -0.1) is 0 Å². The molecule has 0 radical (unpaired) electrons. The highest BCUT2D eigenvalue weighted by Gasteiger charge is 2.19. The van der Waals surface area contributed by atoms with Crippen molar-refractivity contribution in [3.63, 3.8) is 0 Å². The molecule has 284 valence electrons. The van der Waals surface area contributed by atoms with Crippen LogP contribution in [0.5, 0.6) is 0 Å². The first kappa shape index (κ1) is 46.4. The minimum atomic E-state index is -0.755. The van der Waals surface area contributed by atoms with Crippen LogP contribution in [0.2, 0.25) is 0 Å². The van der Waals surface area contributed by atoms with E-state index >= 15 is 0 Å². The maximum absolute atomic E-state index is 12.6. The number of hydrogen-bond donors (Lipinski definition) is 0. The molecule has 0 aromatic rings. The van der Waals surface area contributed by atoms with Gasteiger partial charge in [-0.2, -0.15) is 0 Å². The zero-order chi connectivity index (χ0) is 35.2. The van der Waals surface area contributed by atoms with Crippen molar-refractivity contribution < 1.29 is 28.6 Å². The van der Waals surface area contributed by atoms with E-state index in [-0.39, 0.29) is 31.1 Å². The highest BCUT2D eigenvalue weighted by molar-refractivity contribution is 5.71. The van der Waals surface area contributed by atoms with E-state index in [1.807, 2.05) is 0 Å². The van der Waals surface area contributed by atoms with Crippen molar-refractivity contribution in [3.8, 4) is 0 Å². The van der Waals surface area contributed by atoms with Crippen LogP contribution >= 0.6 is 0 Å². The molecule has 0 amide bonds. The normalized spacial score (nSPS) is 11.8. The van der Waals surface area contributed by atoms with Gasteiger partial charge >= 0.3 is 17.9 Å². The van der Waals surface area contributed by atoms with E-state index in [1.54, 1.807) is 0 Å². The standard InChI is InChI=1S/C42H80O6/c1-4-7-10-13-16-18-20-22-23-26-29-32-35-41(44)47-38-39(37-46-40(43)34-31-28-25-15-12-9-6-3)48-42(45)36-33-30-27-24-21-19-17-14-11-8-5-2/h39H,4-38H2,1-3H3/t39-/m1/s1. The first-order chi connectivity index (χ1) is 23.5. The summed E-state index contributed by atoms with van der Waals surface area (Å²) in [6, 6.07) is 0. The van der Waals surface area contributed by atoms with Gasteiger partial charge in [0.1, 0.15) is 13.2 Å². The van der Waals surface area contributed by atoms with E-state index in [0.717, 1.165) is 57.8 Å². The quantitative estimate of drug-likeness (QED) is 0.0367. The molecule has 0 aliphatic heterocycles. The zero-order valence-corrected chi connectivity index (χ0v) is 32.3. The van der Waals surface area contributed by atoms with Gasteiger partial charge in [0.2, 0.25) is 0 Å². The van der Waals surface area contributed by atoms with Gasteiger partial charge in [0.25, 0.3) is 0 Å². The Hall–Kier alpha value is -1.59. The molecule has 0 aromatic carbocycles. The topological polar surface area (TPSA) is 78.9 Å². The summed E-state index contributed by atoms with van der Waals surface area (Å²) < 4.78 is 16.6. The fraction of sp³-hybridized carbons (Fsp3) is 0.929. The molecule has 0 rings (SSSR count). The summed E-state index contributed by atoms with van der Waals surface area (Å²) in [6.45, 7) is 6.59. The molecule has 48 heavy (non-hydrogen) atoms. The van der Waals surface area contributed by atoms with Gasteiger partial charge in [0.15, 0.2) is 6.10 Å². The maximum Gasteiger partial charge on any atom is 0.306 e. The van der Waals surface area contributed by atoms with Crippen LogP contribution in [0.15, 0.2) is 0 Å². The summed E-state index contributed by atoms with van der Waals surface area (Å²) >= 11 is 0. The second-order valence-corrected chi connectivity index (χ2v) is 14.3. The third-order valence-electron chi connectivity index (χ3n) is 9.36. The molecule has 0 fully saturated rings. The lowest BCUT2D eigenvalue weighted by Crippen LogP contribution is -2.30. The summed E-state index contributed by atoms with van der Waals surface area (Å²) in [7, 11) is 0. The van der Waals surface area contributed by atoms with Crippen molar-refractivity contribution in [2.45, 2.75) is 239 Å². The van der Waals surface area contributed by atoms with E-state index in [4.69, 9.17) is 14.2 Å². The van der Waals surface area contributed by atoms with Crippen molar-refractivity contribution in [3.05, 3.63) is 0 Å². The summed E-state index contributed by atoms with van der Waals surface area (Å²) in [4.78, 5) is 37.4. The number of esters is 3. The molecule has 0 aromatic heterocycles. The third-order valence-corrected chi connectivity index (χ3v) is 9.36. The van der Waals surface area contributed by atoms with Crippen LogP contribution < -0.4 is 0 Å². The Labute approximate surface area is 298 Å². The third kappa shape index (κ3) is 35.7. The maximum atomic E-state index is 12.6. The minimum Gasteiger partial charge on any atom is -0.462 e. The molecular formula is C42H80O6. The smallest absolute Gasteiger partial charge is 0.306 e. The molecule has 0 bridgehead atoms. The van der Waals surface area contributed by atoms with Gasteiger partial charge in [-0.3, -0.25) is 14.4 Å². The fourth-order valence-corrected chi connectivity index (χ4v) is 6.15. The number of hydrogen-bond acceptors (Lipinski definition) is 6. The molecule has 0 unspecified atom stereocenters. The monoisotopic (exact) mass is 681 g/mol. The van der Waals surface area contributed by atoms with E-state index in [2.05, 4.69) is 20.8 Å². The minimum absolute atomic E-state index is 0.0637. The molecule has 6 nitrogen and oxygen atoms in total. The number of unbranched alkanes of at least 4 members (excludes halogenated alkanes) is 27. The molecule has 0 N–H and O–H groups in total. The van der Waals surface area contributed by atoms with Crippen molar-refractivity contribution >= 4 is 17.9 Å². The Balaban J connectivity index is 4.29. The highest BCUT2D eigenvalue weighted by atomic mass is 16.6. The SMILES string of the molecule is CCCCCCCCCCCCCCC(=O)OC[C@@H](COC(=O)CCCCCCCCC)OC(=O)CCCCCCCCCCCCC. The number of rotatable bonds is 38. The highest BCUT2D eigenvalue weighted by Crippen LogP contribution is 2.15.